The maximum Gasteiger partial charge on any atom is 0.270 e. The summed E-state index contributed by atoms with van der Waals surface area (Å²) >= 11 is 1.37. The van der Waals surface area contributed by atoms with E-state index >= 15 is 0 Å². The van der Waals surface area contributed by atoms with Gasteiger partial charge in [0.2, 0.25) is 0 Å². The van der Waals surface area contributed by atoms with Gasteiger partial charge in [0.25, 0.3) is 5.56 Å². The van der Waals surface area contributed by atoms with E-state index in [0.717, 1.165) is 17.7 Å². The van der Waals surface area contributed by atoms with Gasteiger partial charge in [-0.3, -0.25) is 4.79 Å². The molecule has 2 aromatic carbocycles. The molecule has 1 fully saturated rings. The van der Waals surface area contributed by atoms with E-state index in [1.807, 2.05) is 41.8 Å². The van der Waals surface area contributed by atoms with E-state index in [2.05, 4.69) is 39.6 Å². The smallest absolute Gasteiger partial charge is 0.270 e. The average molecular weight is 427 g/mol. The number of benzene rings is 2. The molecule has 1 saturated carbocycles. The molecular weight excluding hydrogens is 404 g/mol. The molecule has 0 amide bonds. The van der Waals surface area contributed by atoms with Crippen molar-refractivity contribution < 1.29 is 0 Å². The third-order valence-electron chi connectivity index (χ3n) is 6.14. The van der Waals surface area contributed by atoms with Crippen molar-refractivity contribution in [3.05, 3.63) is 87.0 Å². The van der Waals surface area contributed by atoms with Crippen LogP contribution in [0.4, 0.5) is 0 Å². The lowest BCUT2D eigenvalue weighted by atomic mass is 9.82. The highest BCUT2D eigenvalue weighted by Gasteiger charge is 2.38. The minimum Gasteiger partial charge on any atom is -0.378 e. The lowest BCUT2D eigenvalue weighted by molar-refractivity contribution is 0.370. The van der Waals surface area contributed by atoms with Gasteiger partial charge in [-0.2, -0.15) is 5.26 Å². The maximum atomic E-state index is 12.6. The Balaban J connectivity index is 1.52. The summed E-state index contributed by atoms with van der Waals surface area (Å²) in [6.45, 7) is 0. The van der Waals surface area contributed by atoms with Gasteiger partial charge in [0.15, 0.2) is 5.16 Å². The third kappa shape index (κ3) is 3.77. The standard InChI is InChI=1S/C25H22N4OS/c26-15-20-22(17-8-2-1-3-9-17)27-24(28-23(20)30)31-16-21-19-11-5-4-10-18(19)14-25(29-21)12-6-7-13-25/h1-5,8-11,16,29H,6-7,12-14H2,(H,27,28,30). The third-order valence-corrected chi connectivity index (χ3v) is 6.91. The highest BCUT2D eigenvalue weighted by Crippen LogP contribution is 2.40. The van der Waals surface area contributed by atoms with Crippen LogP contribution in [-0.2, 0) is 6.42 Å². The van der Waals surface area contributed by atoms with Crippen molar-refractivity contribution in [3.8, 4) is 17.3 Å². The van der Waals surface area contributed by atoms with Gasteiger partial charge in [0, 0.05) is 27.8 Å². The largest absolute Gasteiger partial charge is 0.378 e. The Morgan fingerprint density at radius 2 is 1.81 bits per heavy atom. The first-order valence-corrected chi connectivity index (χ1v) is 11.4. The number of nitriles is 1. The lowest BCUT2D eigenvalue weighted by Gasteiger charge is -2.38. The van der Waals surface area contributed by atoms with E-state index in [4.69, 9.17) is 0 Å². The summed E-state index contributed by atoms with van der Waals surface area (Å²) in [4.78, 5) is 19.9. The molecule has 2 N–H and O–H groups in total. The molecule has 0 saturated heterocycles. The fraction of sp³-hybridized carbons (Fsp3) is 0.240. The van der Waals surface area contributed by atoms with E-state index in [1.165, 1.54) is 48.6 Å². The summed E-state index contributed by atoms with van der Waals surface area (Å²) in [7, 11) is 0. The van der Waals surface area contributed by atoms with Gasteiger partial charge >= 0.3 is 0 Å². The first-order valence-electron chi connectivity index (χ1n) is 10.5. The molecular formula is C25H22N4OS. The Hall–Kier alpha value is -3.30. The Labute approximate surface area is 185 Å². The number of nitrogens with zero attached hydrogens (tertiary/aromatic N) is 2. The summed E-state index contributed by atoms with van der Waals surface area (Å²) in [6, 6.07) is 19.9. The number of aromatic nitrogens is 2. The summed E-state index contributed by atoms with van der Waals surface area (Å²) in [6.07, 6.45) is 5.90. The number of fused-ring (bicyclic) bond motifs is 1. The average Bonchev–Trinajstić information content (AvgIpc) is 3.25. The number of rotatable bonds is 3. The first kappa shape index (κ1) is 19.7. The molecule has 0 bridgehead atoms. The fourth-order valence-electron chi connectivity index (χ4n) is 4.68. The molecule has 1 aliphatic carbocycles. The minimum atomic E-state index is -0.415. The van der Waals surface area contributed by atoms with Gasteiger partial charge < -0.3 is 10.3 Å². The van der Waals surface area contributed by atoms with Crippen molar-refractivity contribution >= 4 is 17.5 Å². The molecule has 1 aliphatic heterocycles. The predicted molar refractivity (Wildman–Crippen MR) is 123 cm³/mol. The van der Waals surface area contributed by atoms with E-state index in [0.29, 0.717) is 10.9 Å². The van der Waals surface area contributed by atoms with Gasteiger partial charge in [-0.15, -0.1) is 0 Å². The normalized spacial score (nSPS) is 17.8. The maximum absolute atomic E-state index is 12.6. The number of nitrogens with one attached hydrogen (secondary N) is 2. The number of H-pyrrole nitrogens is 1. The lowest BCUT2D eigenvalue weighted by Crippen LogP contribution is -2.46. The van der Waals surface area contributed by atoms with Crippen LogP contribution >= 0.6 is 11.8 Å². The summed E-state index contributed by atoms with van der Waals surface area (Å²) in [5.74, 6) is 0. The van der Waals surface area contributed by atoms with Crippen LogP contribution in [0.25, 0.3) is 17.0 Å². The molecule has 5 rings (SSSR count). The Morgan fingerprint density at radius 1 is 1.06 bits per heavy atom. The predicted octanol–water partition coefficient (Wildman–Crippen LogP) is 4.86. The topological polar surface area (TPSA) is 81.6 Å². The Bertz CT molecular complexity index is 1250. The van der Waals surface area contributed by atoms with Crippen LogP contribution in [0.15, 0.2) is 70.0 Å². The highest BCUT2D eigenvalue weighted by molar-refractivity contribution is 8.02. The number of hydrogen-bond donors (Lipinski definition) is 2. The Morgan fingerprint density at radius 3 is 2.58 bits per heavy atom. The zero-order valence-electron chi connectivity index (χ0n) is 17.0. The molecule has 2 aliphatic rings. The van der Waals surface area contributed by atoms with Gasteiger partial charge in [0.05, 0.1) is 5.69 Å². The van der Waals surface area contributed by atoms with Crippen molar-refractivity contribution in [3.63, 3.8) is 0 Å². The highest BCUT2D eigenvalue weighted by atomic mass is 32.2. The van der Waals surface area contributed by atoms with Crippen molar-refractivity contribution in [2.45, 2.75) is 42.8 Å². The molecule has 154 valence electrons. The van der Waals surface area contributed by atoms with Crippen molar-refractivity contribution in [2.75, 3.05) is 0 Å². The van der Waals surface area contributed by atoms with Crippen LogP contribution in [0.2, 0.25) is 0 Å². The van der Waals surface area contributed by atoms with Crippen LogP contribution in [0, 0.1) is 11.3 Å². The van der Waals surface area contributed by atoms with Crippen LogP contribution in [0.3, 0.4) is 0 Å². The fourth-order valence-corrected chi connectivity index (χ4v) is 5.39. The molecule has 0 radical (unpaired) electrons. The van der Waals surface area contributed by atoms with E-state index < -0.39 is 5.56 Å². The second kappa shape index (κ2) is 8.09. The first-order chi connectivity index (χ1) is 15.2. The van der Waals surface area contributed by atoms with Crippen LogP contribution in [0.1, 0.15) is 42.4 Å². The molecule has 2 heterocycles. The van der Waals surface area contributed by atoms with Crippen LogP contribution < -0.4 is 10.9 Å². The van der Waals surface area contributed by atoms with E-state index in [-0.39, 0.29) is 11.1 Å². The number of hydrogen-bond acceptors (Lipinski definition) is 5. The molecule has 31 heavy (non-hydrogen) atoms. The van der Waals surface area contributed by atoms with Crippen molar-refractivity contribution in [2.24, 2.45) is 0 Å². The van der Waals surface area contributed by atoms with Crippen molar-refractivity contribution in [1.29, 1.82) is 5.26 Å². The quantitative estimate of drug-likeness (QED) is 0.462. The SMILES string of the molecule is N#Cc1c(-c2ccccc2)nc(SC=C2NC3(CCCC3)Cc3ccccc32)[nH]c1=O. The molecule has 5 nitrogen and oxygen atoms in total. The molecule has 6 heteroatoms. The van der Waals surface area contributed by atoms with E-state index in [1.54, 1.807) is 0 Å². The molecule has 1 spiro atoms. The van der Waals surface area contributed by atoms with Gasteiger partial charge in [-0.25, -0.2) is 4.98 Å². The van der Waals surface area contributed by atoms with Crippen molar-refractivity contribution in [1.82, 2.24) is 15.3 Å². The summed E-state index contributed by atoms with van der Waals surface area (Å²) in [5.41, 5.74) is 4.55. The zero-order valence-corrected chi connectivity index (χ0v) is 17.8. The minimum absolute atomic E-state index is 0.0363. The second-order valence-corrected chi connectivity index (χ2v) is 9.03. The van der Waals surface area contributed by atoms with Crippen LogP contribution in [0.5, 0.6) is 0 Å². The second-order valence-electron chi connectivity index (χ2n) is 8.17. The number of aromatic amines is 1. The van der Waals surface area contributed by atoms with Gasteiger partial charge in [-0.05, 0) is 24.8 Å². The molecule has 0 unspecified atom stereocenters. The van der Waals surface area contributed by atoms with Crippen LogP contribution in [-0.4, -0.2) is 15.5 Å². The van der Waals surface area contributed by atoms with E-state index in [9.17, 15) is 10.1 Å². The zero-order chi connectivity index (χ0) is 21.3. The summed E-state index contributed by atoms with van der Waals surface area (Å²) in [5, 5.41) is 15.8. The Kier molecular flexibility index (Phi) is 5.13. The molecule has 1 aromatic heterocycles. The van der Waals surface area contributed by atoms with Gasteiger partial charge in [-0.1, -0.05) is 79.2 Å². The molecule has 0 atom stereocenters. The monoisotopic (exact) mass is 426 g/mol. The van der Waals surface area contributed by atoms with Gasteiger partial charge in [0.1, 0.15) is 11.6 Å². The number of thioether (sulfide) groups is 1. The molecule has 3 aromatic rings. The summed E-state index contributed by atoms with van der Waals surface area (Å²) < 4.78 is 0.